The highest BCUT2D eigenvalue weighted by molar-refractivity contribution is 5.92. The number of nitrogens with two attached hydrogens (primary N) is 3. The van der Waals surface area contributed by atoms with Gasteiger partial charge in [0.05, 0.1) is 39.3 Å². The monoisotopic (exact) mass is 1140 g/mol. The highest BCUT2D eigenvalue weighted by Crippen LogP contribution is 2.16. The van der Waals surface area contributed by atoms with Crippen molar-refractivity contribution in [2.24, 2.45) is 17.2 Å². The molecule has 0 spiro atoms. The Hall–Kier alpha value is -4.31. The van der Waals surface area contributed by atoms with Crippen LogP contribution in [-0.2, 0) is 33.6 Å². The summed E-state index contributed by atoms with van der Waals surface area (Å²) < 4.78 is 0. The van der Waals surface area contributed by atoms with Crippen LogP contribution in [0.2, 0.25) is 0 Å². The van der Waals surface area contributed by atoms with Gasteiger partial charge in [0.15, 0.2) is 0 Å². The Labute approximate surface area is 494 Å². The number of allylic oxidation sites excluding steroid dienone is 2. The maximum absolute atomic E-state index is 14.7. The summed E-state index contributed by atoms with van der Waals surface area (Å²) >= 11 is 0. The largest absolute Gasteiger partial charge is 0.368 e. The molecule has 0 radical (unpaired) electrons. The van der Waals surface area contributed by atoms with E-state index in [-0.39, 0.29) is 84.4 Å². The highest BCUT2D eigenvalue weighted by atomic mass is 16.2. The first-order valence-electron chi connectivity index (χ1n) is 32.9. The second-order valence-electron chi connectivity index (χ2n) is 22.9. The van der Waals surface area contributed by atoms with E-state index in [1.54, 1.807) is 0 Å². The first-order chi connectivity index (χ1) is 39.4. The van der Waals surface area contributed by atoms with E-state index in [1.807, 2.05) is 12.2 Å². The van der Waals surface area contributed by atoms with Gasteiger partial charge in [-0.1, -0.05) is 219 Å². The molecule has 0 aromatic heterocycles. The van der Waals surface area contributed by atoms with Gasteiger partial charge in [0, 0.05) is 52.4 Å². The van der Waals surface area contributed by atoms with E-state index in [9.17, 15) is 33.6 Å². The van der Waals surface area contributed by atoms with E-state index in [2.05, 4.69) is 27.0 Å². The van der Waals surface area contributed by atoms with E-state index in [0.717, 1.165) is 122 Å². The normalized spacial score (nSPS) is 11.1. The van der Waals surface area contributed by atoms with Crippen LogP contribution < -0.4 is 17.2 Å². The number of carbonyl (C=O) groups excluding carboxylic acids is 7. The number of amides is 7. The predicted molar refractivity (Wildman–Crippen MR) is 335 cm³/mol. The number of rotatable bonds is 61. The van der Waals surface area contributed by atoms with Gasteiger partial charge in [0.2, 0.25) is 41.9 Å². The number of nitrogens with zero attached hydrogens (tertiary/aromatic N) is 6. The molecule has 470 valence electrons. The third kappa shape index (κ3) is 44.9. The highest BCUT2D eigenvalue weighted by Gasteiger charge is 2.29. The Bertz CT molecular complexity index is 1620. The van der Waals surface area contributed by atoms with E-state index < -0.39 is 29.5 Å². The molecule has 81 heavy (non-hydrogen) atoms. The summed E-state index contributed by atoms with van der Waals surface area (Å²) in [5.74, 6) is -2.70. The standard InChI is InChI=1S/C65H123N9O7/c1-5-9-13-17-21-25-29-33-37-41-47-69(59-75)54-61(77)73(51-45-66)58-64(80)71(49-43-39-35-31-27-23-19-15-11-7-3)55-63(79)72(50-44-40-36-32-28-24-20-16-12-8-4)56-65(81)74(52-46-67)57-62(78)70(53-60(68)76)48-42-38-34-30-26-22-18-14-10-6-2/h5,7,59H,1,3,6,8-58,66-67H2,2,4H3,(H2,68,76). The zero-order valence-corrected chi connectivity index (χ0v) is 52.2. The van der Waals surface area contributed by atoms with Crippen molar-refractivity contribution in [2.45, 2.75) is 258 Å². The van der Waals surface area contributed by atoms with Crippen molar-refractivity contribution in [1.29, 1.82) is 0 Å². The minimum atomic E-state index is -0.634. The Morgan fingerprint density at radius 1 is 0.321 bits per heavy atom. The van der Waals surface area contributed by atoms with Crippen molar-refractivity contribution in [3.63, 3.8) is 0 Å². The molecular weight excluding hydrogens is 1020 g/mol. The Morgan fingerprint density at radius 3 is 0.815 bits per heavy atom. The molecule has 0 bridgehead atoms. The molecule has 6 N–H and O–H groups in total. The summed E-state index contributed by atoms with van der Waals surface area (Å²) in [6, 6.07) is 0. The average molecular weight is 1140 g/mol. The summed E-state index contributed by atoms with van der Waals surface area (Å²) in [5.41, 5.74) is 17.7. The maximum Gasteiger partial charge on any atom is 0.242 e. The van der Waals surface area contributed by atoms with Crippen LogP contribution in [0.25, 0.3) is 0 Å². The van der Waals surface area contributed by atoms with Gasteiger partial charge in [0.1, 0.15) is 0 Å². The van der Waals surface area contributed by atoms with E-state index in [4.69, 9.17) is 17.2 Å². The SMILES string of the molecule is C=CCCCCCCCCCCN(C=O)CC(=O)N(CCN)CC(=O)N(CCCCCCCCCCC=C)CC(=O)N(CCCCCCCCCCCC)CC(=O)N(CCN)CC(=O)N(CCCCCCCCCCCC)CC(N)=O. The van der Waals surface area contributed by atoms with E-state index in [0.29, 0.717) is 38.8 Å². The van der Waals surface area contributed by atoms with E-state index in [1.165, 1.54) is 132 Å². The Kier molecular flexibility index (Phi) is 53.2. The van der Waals surface area contributed by atoms with Gasteiger partial charge in [-0.2, -0.15) is 0 Å². The molecule has 0 heterocycles. The van der Waals surface area contributed by atoms with Gasteiger partial charge in [-0.3, -0.25) is 33.6 Å². The molecule has 0 saturated carbocycles. The number of hydrogen-bond acceptors (Lipinski definition) is 9. The second kappa shape index (κ2) is 56.2. The van der Waals surface area contributed by atoms with Crippen LogP contribution in [0.5, 0.6) is 0 Å². The lowest BCUT2D eigenvalue weighted by molar-refractivity contribution is -0.147. The lowest BCUT2D eigenvalue weighted by Crippen LogP contribution is -2.52. The molecular formula is C65H123N9O7. The molecule has 0 saturated heterocycles. The zero-order valence-electron chi connectivity index (χ0n) is 52.2. The molecule has 0 aliphatic heterocycles. The third-order valence-electron chi connectivity index (χ3n) is 15.5. The summed E-state index contributed by atoms with van der Waals surface area (Å²) in [5, 5.41) is 0. The first kappa shape index (κ1) is 76.7. The summed E-state index contributed by atoms with van der Waals surface area (Å²) in [7, 11) is 0. The van der Waals surface area contributed by atoms with Crippen molar-refractivity contribution in [3.8, 4) is 0 Å². The number of hydrogen-bond donors (Lipinski definition) is 3. The van der Waals surface area contributed by atoms with Crippen LogP contribution in [0, 0.1) is 0 Å². The predicted octanol–water partition coefficient (Wildman–Crippen LogP) is 11.2. The van der Waals surface area contributed by atoms with Crippen LogP contribution >= 0.6 is 0 Å². The van der Waals surface area contributed by atoms with Crippen molar-refractivity contribution in [1.82, 2.24) is 29.4 Å². The second-order valence-corrected chi connectivity index (χ2v) is 22.9. The summed E-state index contributed by atoms with van der Waals surface area (Å²) in [6.07, 6.45) is 45.7. The van der Waals surface area contributed by atoms with Crippen LogP contribution in [0.1, 0.15) is 258 Å². The van der Waals surface area contributed by atoms with Crippen LogP contribution in [0.15, 0.2) is 25.3 Å². The topological polar surface area (TPSA) is 217 Å². The fourth-order valence-corrected chi connectivity index (χ4v) is 10.4. The zero-order chi connectivity index (χ0) is 59.8. The van der Waals surface area contributed by atoms with Crippen molar-refractivity contribution in [2.75, 3.05) is 91.6 Å². The number of primary amides is 1. The van der Waals surface area contributed by atoms with Crippen molar-refractivity contribution < 1.29 is 33.6 Å². The van der Waals surface area contributed by atoms with Gasteiger partial charge in [-0.05, 0) is 51.4 Å². The van der Waals surface area contributed by atoms with Gasteiger partial charge in [-0.25, -0.2) is 0 Å². The lowest BCUT2D eigenvalue weighted by atomic mass is 10.1. The molecule has 0 fully saturated rings. The van der Waals surface area contributed by atoms with Crippen molar-refractivity contribution in [3.05, 3.63) is 25.3 Å². The molecule has 0 aromatic carbocycles. The van der Waals surface area contributed by atoms with Crippen LogP contribution in [0.4, 0.5) is 0 Å². The molecule has 0 aliphatic carbocycles. The molecule has 0 rings (SSSR count). The molecule has 0 unspecified atom stereocenters. The van der Waals surface area contributed by atoms with Crippen LogP contribution in [-0.4, -0.2) is 163 Å². The smallest absolute Gasteiger partial charge is 0.242 e. The van der Waals surface area contributed by atoms with Crippen LogP contribution in [0.3, 0.4) is 0 Å². The fraction of sp³-hybridized carbons (Fsp3) is 0.831. The Morgan fingerprint density at radius 2 is 0.556 bits per heavy atom. The third-order valence-corrected chi connectivity index (χ3v) is 15.5. The van der Waals surface area contributed by atoms with Gasteiger partial charge < -0.3 is 46.6 Å². The number of unbranched alkanes of at least 4 members (excludes halogenated alkanes) is 34. The molecule has 16 heteroatoms. The quantitative estimate of drug-likeness (QED) is 0.0299. The van der Waals surface area contributed by atoms with Gasteiger partial charge in [-0.15, -0.1) is 13.2 Å². The minimum Gasteiger partial charge on any atom is -0.368 e. The molecule has 0 atom stereocenters. The molecule has 0 aliphatic rings. The molecule has 7 amide bonds. The summed E-state index contributed by atoms with van der Waals surface area (Å²) in [6.45, 7) is 12.1. The molecule has 16 nitrogen and oxygen atoms in total. The summed E-state index contributed by atoms with van der Waals surface area (Å²) in [4.78, 5) is 104. The average Bonchev–Trinajstić information content (AvgIpc) is 3.45. The molecule has 0 aromatic rings. The van der Waals surface area contributed by atoms with Crippen molar-refractivity contribution >= 4 is 41.9 Å². The fourth-order valence-electron chi connectivity index (χ4n) is 10.4. The minimum absolute atomic E-state index is 0.0659. The lowest BCUT2D eigenvalue weighted by Gasteiger charge is -2.32. The van der Waals surface area contributed by atoms with Gasteiger partial charge in [0.25, 0.3) is 0 Å². The maximum atomic E-state index is 14.7. The Balaban J connectivity index is 6.34. The number of carbonyl (C=O) groups is 7. The first-order valence-corrected chi connectivity index (χ1v) is 32.9. The van der Waals surface area contributed by atoms with E-state index >= 15 is 0 Å². The van der Waals surface area contributed by atoms with Gasteiger partial charge >= 0.3 is 0 Å².